The second-order valence-corrected chi connectivity index (χ2v) is 5.17. The van der Waals surface area contributed by atoms with E-state index in [4.69, 9.17) is 10.5 Å². The predicted octanol–water partition coefficient (Wildman–Crippen LogP) is 2.56. The third-order valence-corrected chi connectivity index (χ3v) is 4.01. The van der Waals surface area contributed by atoms with Crippen molar-refractivity contribution < 1.29 is 9.13 Å². The van der Waals surface area contributed by atoms with Gasteiger partial charge in [0.1, 0.15) is 5.82 Å². The average molecular weight is 250 g/mol. The maximum absolute atomic E-state index is 14.0. The summed E-state index contributed by atoms with van der Waals surface area (Å²) in [5, 5.41) is 0. The molecule has 18 heavy (non-hydrogen) atoms. The fourth-order valence-electron chi connectivity index (χ4n) is 3.15. The molecule has 4 heteroatoms. The molecule has 0 aromatic heterocycles. The highest BCUT2D eigenvalue weighted by Crippen LogP contribution is 2.33. The first kappa shape index (κ1) is 11.8. The minimum absolute atomic E-state index is 0.221. The van der Waals surface area contributed by atoms with Crippen molar-refractivity contribution in [1.29, 1.82) is 0 Å². The SMILES string of the molecule is Nc1ccc(N2CCOC3CCCCC32)c(F)c1. The number of nitrogen functional groups attached to an aromatic ring is 1. The number of anilines is 2. The highest BCUT2D eigenvalue weighted by atomic mass is 19.1. The monoisotopic (exact) mass is 250 g/mol. The van der Waals surface area contributed by atoms with Gasteiger partial charge in [0.15, 0.2) is 0 Å². The molecule has 1 aliphatic carbocycles. The number of halogens is 1. The van der Waals surface area contributed by atoms with E-state index < -0.39 is 0 Å². The van der Waals surface area contributed by atoms with Crippen LogP contribution in [-0.2, 0) is 4.74 Å². The summed E-state index contributed by atoms with van der Waals surface area (Å²) in [7, 11) is 0. The summed E-state index contributed by atoms with van der Waals surface area (Å²) in [6, 6.07) is 5.29. The lowest BCUT2D eigenvalue weighted by molar-refractivity contribution is -0.00890. The quantitative estimate of drug-likeness (QED) is 0.778. The van der Waals surface area contributed by atoms with Gasteiger partial charge >= 0.3 is 0 Å². The minimum Gasteiger partial charge on any atom is -0.399 e. The molecule has 2 aliphatic rings. The van der Waals surface area contributed by atoms with Gasteiger partial charge in [-0.3, -0.25) is 0 Å². The van der Waals surface area contributed by atoms with E-state index in [2.05, 4.69) is 4.90 Å². The van der Waals surface area contributed by atoms with Crippen molar-refractivity contribution >= 4 is 11.4 Å². The van der Waals surface area contributed by atoms with Crippen LogP contribution >= 0.6 is 0 Å². The molecule has 0 spiro atoms. The topological polar surface area (TPSA) is 38.5 Å². The van der Waals surface area contributed by atoms with E-state index in [0.717, 1.165) is 19.4 Å². The molecule has 3 rings (SSSR count). The highest BCUT2D eigenvalue weighted by Gasteiger charge is 2.35. The van der Waals surface area contributed by atoms with Gasteiger partial charge in [-0.05, 0) is 31.0 Å². The van der Waals surface area contributed by atoms with Crippen molar-refractivity contribution in [3.8, 4) is 0 Å². The summed E-state index contributed by atoms with van der Waals surface area (Å²) in [5.41, 5.74) is 6.75. The van der Waals surface area contributed by atoms with E-state index in [1.54, 1.807) is 12.1 Å². The lowest BCUT2D eigenvalue weighted by Gasteiger charge is -2.45. The Labute approximate surface area is 107 Å². The van der Waals surface area contributed by atoms with Crippen LogP contribution in [0.25, 0.3) is 0 Å². The van der Waals surface area contributed by atoms with Crippen molar-refractivity contribution in [1.82, 2.24) is 0 Å². The molecule has 3 nitrogen and oxygen atoms in total. The van der Waals surface area contributed by atoms with Gasteiger partial charge in [-0.2, -0.15) is 0 Å². The van der Waals surface area contributed by atoms with Gasteiger partial charge in [-0.25, -0.2) is 4.39 Å². The van der Waals surface area contributed by atoms with Gasteiger partial charge in [-0.15, -0.1) is 0 Å². The first-order valence-corrected chi connectivity index (χ1v) is 6.69. The first-order chi connectivity index (χ1) is 8.75. The zero-order valence-electron chi connectivity index (χ0n) is 10.4. The number of rotatable bonds is 1. The van der Waals surface area contributed by atoms with Crippen LogP contribution in [0.15, 0.2) is 18.2 Å². The number of nitrogens with two attached hydrogens (primary N) is 1. The Kier molecular flexibility index (Phi) is 3.12. The number of nitrogens with zero attached hydrogens (tertiary/aromatic N) is 1. The Morgan fingerprint density at radius 1 is 1.28 bits per heavy atom. The molecule has 2 atom stereocenters. The molecule has 1 heterocycles. The fourth-order valence-corrected chi connectivity index (χ4v) is 3.15. The van der Waals surface area contributed by atoms with Crippen molar-refractivity contribution in [2.24, 2.45) is 0 Å². The van der Waals surface area contributed by atoms with Crippen LogP contribution in [0.2, 0.25) is 0 Å². The number of ether oxygens (including phenoxy) is 1. The molecule has 1 saturated heterocycles. The second-order valence-electron chi connectivity index (χ2n) is 5.17. The van der Waals surface area contributed by atoms with Gasteiger partial charge in [0, 0.05) is 12.2 Å². The summed E-state index contributed by atoms with van der Waals surface area (Å²) in [6.45, 7) is 1.45. The number of hydrogen-bond donors (Lipinski definition) is 1. The van der Waals surface area contributed by atoms with E-state index in [1.807, 2.05) is 0 Å². The van der Waals surface area contributed by atoms with Crippen LogP contribution in [-0.4, -0.2) is 25.3 Å². The molecule has 2 unspecified atom stereocenters. The normalized spacial score (nSPS) is 27.9. The van der Waals surface area contributed by atoms with Crippen molar-refractivity contribution in [3.05, 3.63) is 24.0 Å². The number of benzene rings is 1. The molecule has 1 aliphatic heterocycles. The zero-order valence-corrected chi connectivity index (χ0v) is 10.4. The highest BCUT2D eigenvalue weighted by molar-refractivity contribution is 5.55. The van der Waals surface area contributed by atoms with Crippen LogP contribution in [0.4, 0.5) is 15.8 Å². The van der Waals surface area contributed by atoms with E-state index in [-0.39, 0.29) is 11.9 Å². The molecular weight excluding hydrogens is 231 g/mol. The zero-order chi connectivity index (χ0) is 12.5. The van der Waals surface area contributed by atoms with E-state index in [9.17, 15) is 4.39 Å². The lowest BCUT2D eigenvalue weighted by atomic mass is 9.89. The molecule has 1 aromatic rings. The van der Waals surface area contributed by atoms with Gasteiger partial charge in [0.25, 0.3) is 0 Å². The lowest BCUT2D eigenvalue weighted by Crippen LogP contribution is -2.53. The molecule has 2 fully saturated rings. The van der Waals surface area contributed by atoms with Crippen LogP contribution in [0.1, 0.15) is 25.7 Å². The van der Waals surface area contributed by atoms with Gasteiger partial charge in [-0.1, -0.05) is 12.8 Å². The third kappa shape index (κ3) is 2.05. The minimum atomic E-state index is -0.221. The van der Waals surface area contributed by atoms with Crippen molar-refractivity contribution in [3.63, 3.8) is 0 Å². The van der Waals surface area contributed by atoms with Gasteiger partial charge in [0.05, 0.1) is 24.4 Å². The van der Waals surface area contributed by atoms with Crippen molar-refractivity contribution in [2.45, 2.75) is 37.8 Å². The van der Waals surface area contributed by atoms with E-state index in [1.165, 1.54) is 18.9 Å². The largest absolute Gasteiger partial charge is 0.399 e. The van der Waals surface area contributed by atoms with Crippen molar-refractivity contribution in [2.75, 3.05) is 23.8 Å². The summed E-state index contributed by atoms with van der Waals surface area (Å²) in [6.07, 6.45) is 4.88. The molecule has 0 amide bonds. The molecule has 98 valence electrons. The Morgan fingerprint density at radius 3 is 2.94 bits per heavy atom. The van der Waals surface area contributed by atoms with E-state index in [0.29, 0.717) is 24.0 Å². The predicted molar refractivity (Wildman–Crippen MR) is 70.2 cm³/mol. The molecule has 1 aromatic carbocycles. The molecule has 1 saturated carbocycles. The summed E-state index contributed by atoms with van der Waals surface area (Å²) < 4.78 is 19.8. The third-order valence-electron chi connectivity index (χ3n) is 4.01. The maximum Gasteiger partial charge on any atom is 0.148 e. The Morgan fingerprint density at radius 2 is 2.11 bits per heavy atom. The van der Waals surface area contributed by atoms with Crippen LogP contribution in [0.3, 0.4) is 0 Å². The number of fused-ring (bicyclic) bond motifs is 1. The summed E-state index contributed by atoms with van der Waals surface area (Å²) >= 11 is 0. The number of morpholine rings is 1. The average Bonchev–Trinajstić information content (AvgIpc) is 2.38. The van der Waals surface area contributed by atoms with Crippen LogP contribution < -0.4 is 10.6 Å². The molecule has 0 radical (unpaired) electrons. The second kappa shape index (κ2) is 4.76. The van der Waals surface area contributed by atoms with Gasteiger partial charge in [0.2, 0.25) is 0 Å². The van der Waals surface area contributed by atoms with E-state index >= 15 is 0 Å². The molecule has 2 N–H and O–H groups in total. The number of hydrogen-bond acceptors (Lipinski definition) is 3. The Bertz CT molecular complexity index is 436. The fraction of sp³-hybridized carbons (Fsp3) is 0.571. The maximum atomic E-state index is 14.0. The summed E-state index contributed by atoms with van der Waals surface area (Å²) in [4.78, 5) is 2.17. The Hall–Kier alpha value is -1.29. The smallest absolute Gasteiger partial charge is 0.148 e. The van der Waals surface area contributed by atoms with Crippen LogP contribution in [0.5, 0.6) is 0 Å². The first-order valence-electron chi connectivity index (χ1n) is 6.69. The Balaban J connectivity index is 1.89. The standard InChI is InChI=1S/C14H19FN2O/c15-11-9-10(16)5-6-12(11)17-7-8-18-14-4-2-1-3-13(14)17/h5-6,9,13-14H,1-4,7-8,16H2. The summed E-state index contributed by atoms with van der Waals surface area (Å²) in [5.74, 6) is -0.221. The van der Waals surface area contributed by atoms with Gasteiger partial charge < -0.3 is 15.4 Å². The molecule has 0 bridgehead atoms. The van der Waals surface area contributed by atoms with Crippen LogP contribution in [0, 0.1) is 5.82 Å². The molecular formula is C14H19FN2O.